The van der Waals surface area contributed by atoms with Crippen LogP contribution in [-0.4, -0.2) is 0 Å². The average Bonchev–Trinajstić information content (AvgIpc) is 0. The maximum absolute atomic E-state index is 0. The second-order valence-electron chi connectivity index (χ2n) is 0. The zero-order valence-corrected chi connectivity index (χ0v) is 10.2. The van der Waals surface area contributed by atoms with Crippen molar-refractivity contribution in [3.63, 3.8) is 0 Å². The Kier molecular flexibility index (Phi) is 779. The van der Waals surface area contributed by atoms with Crippen molar-refractivity contribution in [1.82, 2.24) is 0 Å². The number of rotatable bonds is 0. The second-order valence-corrected chi connectivity index (χ2v) is 0. The maximum atomic E-state index is 0. The van der Waals surface area contributed by atoms with Gasteiger partial charge in [0.15, 0.2) is 0 Å². The van der Waals surface area contributed by atoms with E-state index in [2.05, 4.69) is 0 Å². The molecule has 0 fully saturated rings. The molecule has 0 saturated heterocycles. The minimum absolute atomic E-state index is 0. The van der Waals surface area contributed by atoms with Gasteiger partial charge < -0.3 is 21.9 Å². The molecule has 0 spiro atoms. The van der Waals surface area contributed by atoms with Crippen LogP contribution in [0.2, 0.25) is 0 Å². The smallest absolute Gasteiger partial charge is 2.00 e. The summed E-state index contributed by atoms with van der Waals surface area (Å²) >= 11 is 0. The van der Waals surface area contributed by atoms with Gasteiger partial charge in [0.25, 0.3) is 0 Å². The van der Waals surface area contributed by atoms with Crippen molar-refractivity contribution in [2.75, 3.05) is 0 Å². The van der Waals surface area contributed by atoms with E-state index in [4.69, 9.17) is 0 Å². The molecule has 0 aliphatic rings. The van der Waals surface area contributed by atoms with Gasteiger partial charge in [-0.2, -0.15) is 0 Å². The summed E-state index contributed by atoms with van der Waals surface area (Å²) in [6.07, 6.45) is 0. The summed E-state index contributed by atoms with van der Waals surface area (Å²) in [7, 11) is 0. The van der Waals surface area contributed by atoms with Crippen LogP contribution >= 0.6 is 0 Å². The SMILES string of the molecule is [Ce+3].[Cu+2].[Nd+3].[O-2].[O-2].[O-2].[O-2]. The van der Waals surface area contributed by atoms with Crippen molar-refractivity contribution in [2.45, 2.75) is 0 Å². The van der Waals surface area contributed by atoms with Crippen molar-refractivity contribution in [1.29, 1.82) is 0 Å². The van der Waals surface area contributed by atoms with Crippen molar-refractivity contribution in [3.05, 3.63) is 0 Å². The fourth-order valence-corrected chi connectivity index (χ4v) is 0. The largest absolute Gasteiger partial charge is 3.00 e. The van der Waals surface area contributed by atoms with Gasteiger partial charge in [-0.05, 0) is 0 Å². The van der Waals surface area contributed by atoms with Crippen LogP contribution < -0.4 is 0 Å². The standard InChI is InChI=1S/Ce.Cu.Nd.4O/q+3;+2;+3;4*-2. The molecule has 7 heteroatoms. The molecular formula is CeCuNdO4. The Morgan fingerprint density at radius 1 is 0.571 bits per heavy atom. The van der Waals surface area contributed by atoms with E-state index in [0.717, 1.165) is 0 Å². The molecule has 0 saturated carbocycles. The van der Waals surface area contributed by atoms with Gasteiger partial charge in [-0.3, -0.25) is 0 Å². The quantitative estimate of drug-likeness (QED) is 0.479. The Bertz CT molecular complexity index is 11.7. The molecule has 43 valence electrons. The third-order valence-corrected chi connectivity index (χ3v) is 0. The van der Waals surface area contributed by atoms with Gasteiger partial charge in [0, 0.05) is 0 Å². The summed E-state index contributed by atoms with van der Waals surface area (Å²) in [6.45, 7) is 0. The van der Waals surface area contributed by atoms with Gasteiger partial charge in [-0.25, -0.2) is 0 Å². The van der Waals surface area contributed by atoms with Crippen molar-refractivity contribution in [3.8, 4) is 0 Å². The van der Waals surface area contributed by atoms with Crippen LogP contribution in [0.3, 0.4) is 0 Å². The molecule has 0 bridgehead atoms. The predicted octanol–water partition coefficient (Wildman–Crippen LogP) is -0.478. The molecule has 0 rings (SSSR count). The molecule has 0 aromatic rings. The number of hydrogen-bond donors (Lipinski definition) is 0. The van der Waals surface area contributed by atoms with Gasteiger partial charge in [-0.1, -0.05) is 0 Å². The first-order valence-corrected chi connectivity index (χ1v) is 0. The van der Waals surface area contributed by atoms with Crippen LogP contribution in [-0.2, 0) is 39.0 Å². The van der Waals surface area contributed by atoms with Gasteiger partial charge >= 0.3 is 99.7 Å². The Hall–Kier alpha value is 3.09. The third kappa shape index (κ3) is 47.9. The van der Waals surface area contributed by atoms with Crippen molar-refractivity contribution < 1.29 is 122 Å². The summed E-state index contributed by atoms with van der Waals surface area (Å²) in [6, 6.07) is 0. The maximum Gasteiger partial charge on any atom is 3.00 e. The van der Waals surface area contributed by atoms with Crippen LogP contribution in [0.5, 0.6) is 0 Å². The zero-order chi connectivity index (χ0) is 0. The first kappa shape index (κ1) is 87.4. The summed E-state index contributed by atoms with van der Waals surface area (Å²) in [4.78, 5) is 0. The van der Waals surface area contributed by atoms with Crippen LogP contribution in [0.25, 0.3) is 0 Å². The average molecular weight is 412 g/mol. The van der Waals surface area contributed by atoms with Gasteiger partial charge in [0.2, 0.25) is 0 Å². The Morgan fingerprint density at radius 2 is 0.571 bits per heavy atom. The molecule has 0 N–H and O–H groups in total. The molecule has 0 aromatic carbocycles. The summed E-state index contributed by atoms with van der Waals surface area (Å²) < 4.78 is 0. The summed E-state index contributed by atoms with van der Waals surface area (Å²) in [5.74, 6) is 0. The molecule has 0 aliphatic carbocycles. The molecule has 0 amide bonds. The second kappa shape index (κ2) is 62.4. The molecule has 0 atom stereocenters. The van der Waals surface area contributed by atoms with Crippen LogP contribution in [0.4, 0.5) is 0 Å². The molecule has 0 aromatic heterocycles. The van der Waals surface area contributed by atoms with E-state index in [1.54, 1.807) is 0 Å². The van der Waals surface area contributed by atoms with E-state index in [9.17, 15) is 0 Å². The Labute approximate surface area is 119 Å². The first-order chi connectivity index (χ1) is 0. The fraction of sp³-hybridized carbons (Fsp3) is 0. The normalized spacial score (nSPS) is 0. The third-order valence-electron chi connectivity index (χ3n) is 0. The summed E-state index contributed by atoms with van der Waals surface area (Å²) in [5.41, 5.74) is 0. The molecule has 4 nitrogen and oxygen atoms in total. The topological polar surface area (TPSA) is 114 Å². The molecule has 3 radical (unpaired) electrons. The van der Waals surface area contributed by atoms with E-state index in [-0.39, 0.29) is 122 Å². The predicted molar refractivity (Wildman–Crippen MR) is 2.75 cm³/mol. The van der Waals surface area contributed by atoms with Crippen LogP contribution in [0.15, 0.2) is 0 Å². The van der Waals surface area contributed by atoms with E-state index in [1.165, 1.54) is 0 Å². The molecule has 0 aliphatic heterocycles. The summed E-state index contributed by atoms with van der Waals surface area (Å²) in [5, 5.41) is 0. The van der Waals surface area contributed by atoms with E-state index in [1.807, 2.05) is 0 Å². The monoisotopic (exact) mass is 409 g/mol. The van der Waals surface area contributed by atoms with Crippen molar-refractivity contribution >= 4 is 0 Å². The van der Waals surface area contributed by atoms with E-state index >= 15 is 0 Å². The minimum atomic E-state index is 0. The first-order valence-electron chi connectivity index (χ1n) is 0. The Morgan fingerprint density at radius 3 is 0.571 bits per heavy atom. The van der Waals surface area contributed by atoms with Crippen LogP contribution in [0.1, 0.15) is 0 Å². The van der Waals surface area contributed by atoms with Gasteiger partial charge in [0.1, 0.15) is 0 Å². The van der Waals surface area contributed by atoms with E-state index < -0.39 is 0 Å². The molecule has 7 heavy (non-hydrogen) atoms. The molecular weight excluding hydrogens is 412 g/mol. The van der Waals surface area contributed by atoms with Gasteiger partial charge in [-0.15, -0.1) is 0 Å². The fourth-order valence-electron chi connectivity index (χ4n) is 0. The van der Waals surface area contributed by atoms with E-state index in [0.29, 0.717) is 0 Å². The van der Waals surface area contributed by atoms with Crippen LogP contribution in [0, 0.1) is 82.6 Å². The van der Waals surface area contributed by atoms with Crippen molar-refractivity contribution in [2.24, 2.45) is 0 Å². The zero-order valence-electron chi connectivity index (χ0n) is 2.93. The molecule has 0 unspecified atom stereocenters. The van der Waals surface area contributed by atoms with Gasteiger partial charge in [0.05, 0.1) is 0 Å². The molecule has 0 heterocycles. The minimum Gasteiger partial charge on any atom is -2.00 e. The Balaban J connectivity index is 0. The number of hydrogen-bond acceptors (Lipinski definition) is 0.